The van der Waals surface area contributed by atoms with Crippen LogP contribution < -0.4 is 20.4 Å². The number of ether oxygens (including phenoxy) is 1. The molecule has 3 atom stereocenters. The number of rotatable bonds is 6. The lowest BCUT2D eigenvalue weighted by molar-refractivity contribution is -0.176. The first-order valence-corrected chi connectivity index (χ1v) is 12.5. The average Bonchev–Trinajstić information content (AvgIpc) is 3.19. The zero-order valence-corrected chi connectivity index (χ0v) is 22.5. The lowest BCUT2D eigenvalue weighted by Crippen LogP contribution is -2.65. The molecule has 9 nitrogen and oxygen atoms in total. The number of nitrogens with one attached hydrogen (secondary N) is 2. The Labute approximate surface area is 237 Å². The molecule has 0 saturated carbocycles. The van der Waals surface area contributed by atoms with E-state index in [1.165, 1.54) is 17.0 Å². The summed E-state index contributed by atoms with van der Waals surface area (Å²) >= 11 is 17.5. The first-order valence-electron chi connectivity index (χ1n) is 11.4. The Morgan fingerprint density at radius 2 is 1.68 bits per heavy atom. The Bertz CT molecular complexity index is 1140. The quantitative estimate of drug-likeness (QED) is 0.362. The molecule has 0 spiro atoms. The standard InChI is InChI=1S/C21H21Cl3F7N5O4/c1-10-8-34(4-5-35(10)15(19(22,23)24)33-17(38)21(29,30)31)14-3-2-11(6-13(14)25)36-9-12(40-18(36)39)7-32-16(37)20(26,27)28/h2-3,6,10,12,15H,4-5,7-9H2,1H3,(H,32,37)(H,33,38)/t10?,12-,15?/m0/s1. The third-order valence-corrected chi connectivity index (χ3v) is 6.67. The number of anilines is 2. The summed E-state index contributed by atoms with van der Waals surface area (Å²) in [6.45, 7) is 0.756. The molecule has 0 bridgehead atoms. The number of nitrogens with zero attached hydrogens (tertiary/aromatic N) is 3. The van der Waals surface area contributed by atoms with Crippen molar-refractivity contribution < 1.29 is 49.9 Å². The monoisotopic (exact) mass is 645 g/mol. The van der Waals surface area contributed by atoms with Gasteiger partial charge in [0.1, 0.15) is 18.1 Å². The van der Waals surface area contributed by atoms with Crippen molar-refractivity contribution in [3.05, 3.63) is 24.0 Å². The smallest absolute Gasteiger partial charge is 0.442 e. The summed E-state index contributed by atoms with van der Waals surface area (Å²) in [6, 6.07) is 3.05. The van der Waals surface area contributed by atoms with Crippen LogP contribution in [0.4, 0.5) is 46.9 Å². The Kier molecular flexibility index (Phi) is 9.48. The fraction of sp³-hybridized carbons (Fsp3) is 0.571. The largest absolute Gasteiger partial charge is 0.471 e. The number of benzene rings is 1. The first-order chi connectivity index (χ1) is 18.3. The minimum Gasteiger partial charge on any atom is -0.442 e. The van der Waals surface area contributed by atoms with E-state index < -0.39 is 64.7 Å². The van der Waals surface area contributed by atoms with E-state index in [-0.39, 0.29) is 37.6 Å². The van der Waals surface area contributed by atoms with Gasteiger partial charge in [0.25, 0.3) is 0 Å². The number of carbonyl (C=O) groups excluding carboxylic acids is 3. The van der Waals surface area contributed by atoms with Gasteiger partial charge in [-0.3, -0.25) is 19.4 Å². The lowest BCUT2D eigenvalue weighted by atomic mass is 10.1. The molecule has 224 valence electrons. The van der Waals surface area contributed by atoms with Crippen LogP contribution in [0.1, 0.15) is 6.92 Å². The molecule has 0 aromatic heterocycles. The number of hydrogen-bond acceptors (Lipinski definition) is 6. The van der Waals surface area contributed by atoms with Crippen LogP contribution in [0.5, 0.6) is 0 Å². The van der Waals surface area contributed by atoms with Gasteiger partial charge in [0.15, 0.2) is 0 Å². The number of piperazine rings is 1. The van der Waals surface area contributed by atoms with Gasteiger partial charge >= 0.3 is 30.3 Å². The third kappa shape index (κ3) is 7.64. The topological polar surface area (TPSA) is 94.2 Å². The second-order valence-corrected chi connectivity index (χ2v) is 11.3. The van der Waals surface area contributed by atoms with E-state index in [1.54, 1.807) is 22.5 Å². The van der Waals surface area contributed by atoms with Gasteiger partial charge in [0.2, 0.25) is 3.79 Å². The van der Waals surface area contributed by atoms with Gasteiger partial charge in [-0.1, -0.05) is 34.8 Å². The number of carbonyl (C=O) groups is 3. The fourth-order valence-corrected chi connectivity index (χ4v) is 4.74. The average molecular weight is 647 g/mol. The highest BCUT2D eigenvalue weighted by molar-refractivity contribution is 6.68. The molecule has 1 aromatic carbocycles. The number of alkyl halides is 9. The van der Waals surface area contributed by atoms with E-state index in [9.17, 15) is 40.7 Å². The SMILES string of the molecule is CC1CN(c2ccc(N3C[C@H](CNC(=O)C(F)(F)F)OC3=O)cc2F)CCN1C(NC(=O)C(F)(F)F)C(Cl)(Cl)Cl. The van der Waals surface area contributed by atoms with Gasteiger partial charge in [0, 0.05) is 25.7 Å². The summed E-state index contributed by atoms with van der Waals surface area (Å²) in [4.78, 5) is 38.5. The minimum absolute atomic E-state index is 0.0358. The molecule has 2 N–H and O–H groups in total. The molecule has 2 unspecified atom stereocenters. The number of amides is 3. The molecule has 2 saturated heterocycles. The van der Waals surface area contributed by atoms with E-state index in [0.29, 0.717) is 0 Å². The van der Waals surface area contributed by atoms with Crippen LogP contribution in [0.3, 0.4) is 0 Å². The second kappa shape index (κ2) is 11.8. The molecule has 2 heterocycles. The van der Waals surface area contributed by atoms with Crippen LogP contribution in [0.25, 0.3) is 0 Å². The predicted molar refractivity (Wildman–Crippen MR) is 130 cm³/mol. The van der Waals surface area contributed by atoms with Crippen molar-refractivity contribution >= 4 is 64.1 Å². The maximum absolute atomic E-state index is 15.1. The summed E-state index contributed by atoms with van der Waals surface area (Å²) in [5.74, 6) is -5.29. The zero-order chi connectivity index (χ0) is 30.2. The molecule has 2 fully saturated rings. The molecular formula is C21H21Cl3F7N5O4. The molecule has 0 radical (unpaired) electrons. The summed E-state index contributed by atoms with van der Waals surface area (Å²) in [5.41, 5.74) is 0.107. The Morgan fingerprint density at radius 1 is 1.05 bits per heavy atom. The fourth-order valence-electron chi connectivity index (χ4n) is 4.20. The van der Waals surface area contributed by atoms with Crippen molar-refractivity contribution in [3.8, 4) is 0 Å². The molecule has 1 aromatic rings. The summed E-state index contributed by atoms with van der Waals surface area (Å²) in [5, 5.41) is 3.28. The molecular weight excluding hydrogens is 626 g/mol. The summed E-state index contributed by atoms with van der Waals surface area (Å²) in [6.07, 6.45) is -14.0. The molecule has 40 heavy (non-hydrogen) atoms. The summed E-state index contributed by atoms with van der Waals surface area (Å²) in [7, 11) is 0. The van der Waals surface area contributed by atoms with Gasteiger partial charge in [-0.2, -0.15) is 26.3 Å². The number of cyclic esters (lactones) is 1. The van der Waals surface area contributed by atoms with Crippen molar-refractivity contribution in [1.82, 2.24) is 15.5 Å². The van der Waals surface area contributed by atoms with Gasteiger partial charge in [-0.15, -0.1) is 0 Å². The molecule has 19 heteroatoms. The van der Waals surface area contributed by atoms with E-state index in [4.69, 9.17) is 39.5 Å². The van der Waals surface area contributed by atoms with Crippen LogP contribution in [-0.4, -0.2) is 90.0 Å². The van der Waals surface area contributed by atoms with Crippen molar-refractivity contribution in [3.63, 3.8) is 0 Å². The molecule has 2 aliphatic heterocycles. The summed E-state index contributed by atoms with van der Waals surface area (Å²) < 4.78 is 93.2. The minimum atomic E-state index is -5.22. The van der Waals surface area contributed by atoms with Gasteiger partial charge in [-0.05, 0) is 25.1 Å². The van der Waals surface area contributed by atoms with E-state index in [1.807, 2.05) is 0 Å². The molecule has 3 rings (SSSR count). The third-order valence-electron chi connectivity index (χ3n) is 6.05. The van der Waals surface area contributed by atoms with E-state index in [2.05, 4.69) is 0 Å². The highest BCUT2D eigenvalue weighted by Crippen LogP contribution is 2.36. The maximum Gasteiger partial charge on any atom is 0.471 e. The van der Waals surface area contributed by atoms with Crippen LogP contribution in [0.2, 0.25) is 0 Å². The van der Waals surface area contributed by atoms with Crippen molar-refractivity contribution in [2.75, 3.05) is 42.5 Å². The molecule has 2 aliphatic rings. The lowest BCUT2D eigenvalue weighted by Gasteiger charge is -2.46. The van der Waals surface area contributed by atoms with Gasteiger partial charge in [-0.25, -0.2) is 9.18 Å². The Balaban J connectivity index is 1.67. The normalized spacial score (nSPS) is 21.7. The van der Waals surface area contributed by atoms with Crippen molar-refractivity contribution in [2.45, 2.75) is 41.4 Å². The van der Waals surface area contributed by atoms with Crippen LogP contribution in [0.15, 0.2) is 18.2 Å². The highest BCUT2D eigenvalue weighted by Gasteiger charge is 2.47. The van der Waals surface area contributed by atoms with Crippen molar-refractivity contribution in [2.24, 2.45) is 0 Å². The van der Waals surface area contributed by atoms with Crippen LogP contribution in [0, 0.1) is 5.82 Å². The van der Waals surface area contributed by atoms with E-state index in [0.717, 1.165) is 11.0 Å². The molecule has 0 aliphatic carbocycles. The Hall–Kier alpha value is -2.43. The Morgan fingerprint density at radius 3 is 2.20 bits per heavy atom. The zero-order valence-electron chi connectivity index (χ0n) is 20.3. The van der Waals surface area contributed by atoms with Crippen LogP contribution >= 0.6 is 34.8 Å². The van der Waals surface area contributed by atoms with Gasteiger partial charge in [0.05, 0.1) is 24.5 Å². The van der Waals surface area contributed by atoms with Crippen LogP contribution in [-0.2, 0) is 14.3 Å². The first kappa shape index (κ1) is 32.1. The highest BCUT2D eigenvalue weighted by atomic mass is 35.6. The molecule has 3 amide bonds. The number of hydrogen-bond donors (Lipinski definition) is 2. The maximum atomic E-state index is 15.1. The second-order valence-electron chi connectivity index (χ2n) is 8.91. The predicted octanol–water partition coefficient (Wildman–Crippen LogP) is 3.71. The number of halogens is 10. The van der Waals surface area contributed by atoms with E-state index >= 15 is 4.39 Å². The van der Waals surface area contributed by atoms with Crippen molar-refractivity contribution in [1.29, 1.82) is 0 Å². The van der Waals surface area contributed by atoms with Gasteiger partial charge < -0.3 is 20.3 Å².